The van der Waals surface area contributed by atoms with Gasteiger partial charge in [-0.15, -0.1) is 0 Å². The van der Waals surface area contributed by atoms with E-state index in [1.54, 1.807) is 48.5 Å². The molecule has 2 aromatic carbocycles. The zero-order chi connectivity index (χ0) is 21.4. The van der Waals surface area contributed by atoms with Gasteiger partial charge in [0.1, 0.15) is 5.84 Å². The third-order valence-corrected chi connectivity index (χ3v) is 4.19. The van der Waals surface area contributed by atoms with Gasteiger partial charge in [-0.05, 0) is 42.0 Å². The van der Waals surface area contributed by atoms with Crippen LogP contribution in [0.25, 0.3) is 0 Å². The Morgan fingerprint density at radius 2 is 1.66 bits per heavy atom. The zero-order valence-corrected chi connectivity index (χ0v) is 16.0. The van der Waals surface area contributed by atoms with Crippen LogP contribution in [0.4, 0.5) is 10.5 Å². The molecule has 3 amide bonds. The van der Waals surface area contributed by atoms with Gasteiger partial charge in [0.05, 0.1) is 12.5 Å². The fourth-order valence-corrected chi connectivity index (χ4v) is 2.52. The molecule has 0 aromatic heterocycles. The van der Waals surface area contributed by atoms with Crippen LogP contribution in [0, 0.1) is 5.41 Å². The number of aliphatic carboxylic acids is 1. The first-order chi connectivity index (χ1) is 13.8. The smallest absolute Gasteiger partial charge is 0.319 e. The first kappa shape index (κ1) is 21.7. The molecular weight excluding hydrogens is 398 g/mol. The number of carbonyl (C=O) groups is 3. The van der Waals surface area contributed by atoms with Gasteiger partial charge in [-0.3, -0.25) is 15.0 Å². The van der Waals surface area contributed by atoms with E-state index in [1.165, 1.54) is 0 Å². The van der Waals surface area contributed by atoms with E-state index in [2.05, 4.69) is 16.0 Å². The number of urea groups is 1. The molecule has 152 valence electrons. The van der Waals surface area contributed by atoms with Gasteiger partial charge >= 0.3 is 12.0 Å². The highest BCUT2D eigenvalue weighted by Crippen LogP contribution is 2.18. The van der Waals surface area contributed by atoms with Crippen molar-refractivity contribution in [1.82, 2.24) is 10.6 Å². The van der Waals surface area contributed by atoms with Crippen LogP contribution in [-0.4, -0.2) is 41.9 Å². The molecule has 0 bridgehead atoms. The second-order valence-corrected chi connectivity index (χ2v) is 6.48. The molecule has 0 aliphatic carbocycles. The van der Waals surface area contributed by atoms with Crippen LogP contribution < -0.4 is 21.7 Å². The average Bonchev–Trinajstić information content (AvgIpc) is 2.68. The van der Waals surface area contributed by atoms with Gasteiger partial charge in [-0.2, -0.15) is 0 Å². The second-order valence-electron chi connectivity index (χ2n) is 6.05. The number of carboxylic acid groups (broad SMARTS) is 1. The Balaban J connectivity index is 1.80. The van der Waals surface area contributed by atoms with Crippen molar-refractivity contribution < 1.29 is 19.5 Å². The average molecular weight is 418 g/mol. The second kappa shape index (κ2) is 10.1. The molecule has 10 heteroatoms. The van der Waals surface area contributed by atoms with Crippen molar-refractivity contribution in [2.24, 2.45) is 5.73 Å². The number of nitrogens with one attached hydrogen (secondary N) is 4. The van der Waals surface area contributed by atoms with E-state index in [0.29, 0.717) is 21.8 Å². The van der Waals surface area contributed by atoms with E-state index in [0.717, 1.165) is 0 Å². The third-order valence-electron chi connectivity index (χ3n) is 3.94. The van der Waals surface area contributed by atoms with Crippen molar-refractivity contribution >= 4 is 41.0 Å². The highest BCUT2D eigenvalue weighted by molar-refractivity contribution is 6.30. The van der Waals surface area contributed by atoms with Crippen LogP contribution in [0.3, 0.4) is 0 Å². The van der Waals surface area contributed by atoms with Crippen molar-refractivity contribution in [1.29, 1.82) is 5.41 Å². The molecule has 1 atom stereocenters. The topological polar surface area (TPSA) is 157 Å². The first-order valence-corrected chi connectivity index (χ1v) is 8.88. The summed E-state index contributed by atoms with van der Waals surface area (Å²) >= 11 is 5.80. The highest BCUT2D eigenvalue weighted by Gasteiger charge is 2.20. The number of rotatable bonds is 8. The lowest BCUT2D eigenvalue weighted by molar-refractivity contribution is -0.138. The standard InChI is InChI=1S/C19H20ClN5O4/c20-13-5-1-11(2-6-13)15(18(27)28)9-23-16(26)10-24-19(29)25-14-7-3-12(4-8-14)17(21)22/h1-8,15H,9-10H2,(H3,21,22)(H,23,26)(H,27,28)(H2,24,25,29). The lowest BCUT2D eigenvalue weighted by atomic mass is 9.99. The van der Waals surface area contributed by atoms with Gasteiger partial charge in [0.15, 0.2) is 0 Å². The highest BCUT2D eigenvalue weighted by atomic mass is 35.5. The number of halogens is 1. The van der Waals surface area contributed by atoms with E-state index in [9.17, 15) is 19.5 Å². The summed E-state index contributed by atoms with van der Waals surface area (Å²) in [6, 6.07) is 12.0. The molecule has 0 spiro atoms. The van der Waals surface area contributed by atoms with Gasteiger partial charge in [-0.25, -0.2) is 4.79 Å². The molecule has 9 nitrogen and oxygen atoms in total. The number of amides is 3. The van der Waals surface area contributed by atoms with Gasteiger partial charge < -0.3 is 26.8 Å². The zero-order valence-electron chi connectivity index (χ0n) is 15.2. The fraction of sp³-hybridized carbons (Fsp3) is 0.158. The first-order valence-electron chi connectivity index (χ1n) is 8.50. The Morgan fingerprint density at radius 1 is 1.03 bits per heavy atom. The van der Waals surface area contributed by atoms with Gasteiger partial charge in [0.25, 0.3) is 0 Å². The van der Waals surface area contributed by atoms with Crippen molar-refractivity contribution in [3.8, 4) is 0 Å². The normalized spacial score (nSPS) is 11.2. The summed E-state index contributed by atoms with van der Waals surface area (Å²) in [5.41, 5.74) is 6.83. The third kappa shape index (κ3) is 6.82. The van der Waals surface area contributed by atoms with E-state index in [1.807, 2.05) is 0 Å². The van der Waals surface area contributed by atoms with Crippen molar-refractivity contribution in [3.05, 3.63) is 64.7 Å². The Hall–Kier alpha value is -3.59. The maximum atomic E-state index is 11.9. The van der Waals surface area contributed by atoms with Gasteiger partial charge in [0, 0.05) is 22.8 Å². The van der Waals surface area contributed by atoms with E-state index < -0.39 is 23.8 Å². The van der Waals surface area contributed by atoms with Crippen molar-refractivity contribution in [3.63, 3.8) is 0 Å². The molecule has 0 aliphatic rings. The molecule has 2 rings (SSSR count). The molecule has 0 aliphatic heterocycles. The molecule has 7 N–H and O–H groups in total. The minimum Gasteiger partial charge on any atom is -0.481 e. The lowest BCUT2D eigenvalue weighted by Gasteiger charge is -2.14. The quantitative estimate of drug-likeness (QED) is 0.285. The summed E-state index contributed by atoms with van der Waals surface area (Å²) in [7, 11) is 0. The number of carbonyl (C=O) groups excluding carboxylic acids is 2. The van der Waals surface area contributed by atoms with Crippen LogP contribution in [0.1, 0.15) is 17.0 Å². The summed E-state index contributed by atoms with van der Waals surface area (Å²) in [6.45, 7) is -0.462. The van der Waals surface area contributed by atoms with Crippen LogP contribution in [0.2, 0.25) is 5.02 Å². The van der Waals surface area contributed by atoms with Crippen molar-refractivity contribution in [2.45, 2.75) is 5.92 Å². The Bertz CT molecular complexity index is 900. The number of nitrogens with two attached hydrogens (primary N) is 1. The molecule has 0 heterocycles. The molecule has 0 saturated heterocycles. The minimum atomic E-state index is -1.09. The Morgan fingerprint density at radius 3 is 2.21 bits per heavy atom. The van der Waals surface area contributed by atoms with E-state index in [4.69, 9.17) is 22.7 Å². The molecular formula is C19H20ClN5O4. The number of hydrogen-bond donors (Lipinski definition) is 6. The molecule has 29 heavy (non-hydrogen) atoms. The van der Waals surface area contributed by atoms with Crippen LogP contribution in [0.5, 0.6) is 0 Å². The summed E-state index contributed by atoms with van der Waals surface area (Å²) in [4.78, 5) is 35.2. The monoisotopic (exact) mass is 417 g/mol. The Kier molecular flexibility index (Phi) is 7.55. The predicted octanol–water partition coefficient (Wildman–Crippen LogP) is 1.73. The number of nitrogen functional groups attached to an aromatic ring is 1. The summed E-state index contributed by atoms with van der Waals surface area (Å²) in [6.07, 6.45) is 0. The molecule has 0 radical (unpaired) electrons. The predicted molar refractivity (Wildman–Crippen MR) is 109 cm³/mol. The van der Waals surface area contributed by atoms with Crippen LogP contribution >= 0.6 is 11.6 Å². The molecule has 1 unspecified atom stereocenters. The minimum absolute atomic E-state index is 0.0871. The summed E-state index contributed by atoms with van der Waals surface area (Å²) in [5.74, 6) is -2.65. The number of anilines is 1. The van der Waals surface area contributed by atoms with Crippen LogP contribution in [-0.2, 0) is 9.59 Å². The van der Waals surface area contributed by atoms with Gasteiger partial charge in [-0.1, -0.05) is 23.7 Å². The molecule has 0 saturated carbocycles. The SMILES string of the molecule is N=C(N)c1ccc(NC(=O)NCC(=O)NCC(C(=O)O)c2ccc(Cl)cc2)cc1. The molecule has 2 aromatic rings. The van der Waals surface area contributed by atoms with Crippen molar-refractivity contribution in [2.75, 3.05) is 18.4 Å². The van der Waals surface area contributed by atoms with Crippen LogP contribution in [0.15, 0.2) is 48.5 Å². The lowest BCUT2D eigenvalue weighted by Crippen LogP contribution is -2.41. The largest absolute Gasteiger partial charge is 0.481 e. The summed E-state index contributed by atoms with van der Waals surface area (Å²) < 4.78 is 0. The number of amidine groups is 1. The maximum Gasteiger partial charge on any atom is 0.319 e. The van der Waals surface area contributed by atoms with E-state index in [-0.39, 0.29) is 18.9 Å². The molecule has 0 fully saturated rings. The summed E-state index contributed by atoms with van der Waals surface area (Å²) in [5, 5.41) is 24.5. The Labute approximate surface area is 171 Å². The number of hydrogen-bond acceptors (Lipinski definition) is 4. The van der Waals surface area contributed by atoms with E-state index >= 15 is 0 Å². The van der Waals surface area contributed by atoms with Gasteiger partial charge in [0.2, 0.25) is 5.91 Å². The maximum absolute atomic E-state index is 11.9. The fourth-order valence-electron chi connectivity index (χ4n) is 2.39. The number of benzene rings is 2. The number of carboxylic acids is 1.